The first-order valence-corrected chi connectivity index (χ1v) is 4.04. The molecule has 0 aromatic heterocycles. The zero-order chi connectivity index (χ0) is 9.56. The van der Waals surface area contributed by atoms with E-state index in [-0.39, 0.29) is 0 Å². The van der Waals surface area contributed by atoms with Crippen molar-refractivity contribution < 1.29 is 0 Å². The first-order chi connectivity index (χ1) is 5.65. The maximum atomic E-state index is 4.29. The van der Waals surface area contributed by atoms with Crippen molar-refractivity contribution in [1.29, 1.82) is 0 Å². The minimum absolute atomic E-state index is 0.804. The van der Waals surface area contributed by atoms with Crippen molar-refractivity contribution >= 4 is 11.5 Å². The summed E-state index contributed by atoms with van der Waals surface area (Å²) in [5.74, 6) is 0.804. The second-order valence-corrected chi connectivity index (χ2v) is 2.55. The number of rotatable bonds is 3. The molecule has 0 spiro atoms. The van der Waals surface area contributed by atoms with E-state index >= 15 is 0 Å². The molecule has 68 valence electrons. The molecule has 3 heteroatoms. The van der Waals surface area contributed by atoms with E-state index in [0.717, 1.165) is 18.1 Å². The first-order valence-electron chi connectivity index (χ1n) is 4.04. The van der Waals surface area contributed by atoms with E-state index in [1.54, 1.807) is 13.1 Å². The number of hydrogen-bond donors (Lipinski definition) is 0. The molecule has 0 aliphatic heterocycles. The van der Waals surface area contributed by atoms with Gasteiger partial charge >= 0.3 is 0 Å². The van der Waals surface area contributed by atoms with Crippen molar-refractivity contribution in [3.63, 3.8) is 0 Å². The molecule has 0 aliphatic carbocycles. The molecule has 3 nitrogen and oxygen atoms in total. The fourth-order valence-electron chi connectivity index (χ4n) is 0.837. The van der Waals surface area contributed by atoms with E-state index in [4.69, 9.17) is 0 Å². The van der Waals surface area contributed by atoms with Crippen molar-refractivity contribution in [1.82, 2.24) is 5.01 Å². The summed E-state index contributed by atoms with van der Waals surface area (Å²) >= 11 is 0. The zero-order valence-electron chi connectivity index (χ0n) is 8.33. The summed E-state index contributed by atoms with van der Waals surface area (Å²) in [6.07, 6.45) is 1.70. The van der Waals surface area contributed by atoms with Crippen LogP contribution in [-0.2, 0) is 0 Å². The van der Waals surface area contributed by atoms with Crippen LogP contribution in [0.25, 0.3) is 0 Å². The van der Waals surface area contributed by atoms with Gasteiger partial charge in [-0.2, -0.15) is 5.10 Å². The summed E-state index contributed by atoms with van der Waals surface area (Å²) < 4.78 is 0. The molecule has 0 fully saturated rings. The molecule has 0 heterocycles. The largest absolute Gasteiger partial charge is 0.270 e. The van der Waals surface area contributed by atoms with E-state index in [0.29, 0.717) is 0 Å². The van der Waals surface area contributed by atoms with Gasteiger partial charge in [-0.15, -0.1) is 0 Å². The Bertz CT molecular complexity index is 200. The van der Waals surface area contributed by atoms with Gasteiger partial charge in [-0.25, -0.2) is 5.01 Å². The molecule has 12 heavy (non-hydrogen) atoms. The Morgan fingerprint density at radius 2 is 2.08 bits per heavy atom. The Labute approximate surface area is 74.5 Å². The van der Waals surface area contributed by atoms with Crippen LogP contribution in [0.5, 0.6) is 0 Å². The molecule has 0 atom stereocenters. The average Bonchev–Trinajstić information content (AvgIpc) is 2.04. The van der Waals surface area contributed by atoms with Gasteiger partial charge in [0.25, 0.3) is 0 Å². The van der Waals surface area contributed by atoms with Gasteiger partial charge in [-0.3, -0.25) is 4.99 Å². The third-order valence-corrected chi connectivity index (χ3v) is 1.30. The first kappa shape index (κ1) is 10.9. The fraction of sp³-hybridized carbons (Fsp3) is 0.556. The van der Waals surface area contributed by atoms with Crippen LogP contribution < -0.4 is 0 Å². The van der Waals surface area contributed by atoms with Crippen LogP contribution in [-0.4, -0.2) is 30.1 Å². The number of amidine groups is 1. The molecule has 0 bridgehead atoms. The second-order valence-electron chi connectivity index (χ2n) is 2.55. The Morgan fingerprint density at radius 1 is 1.50 bits per heavy atom. The van der Waals surface area contributed by atoms with E-state index in [9.17, 15) is 0 Å². The fourth-order valence-corrected chi connectivity index (χ4v) is 0.837. The lowest BCUT2D eigenvalue weighted by molar-refractivity contribution is 0.472. The van der Waals surface area contributed by atoms with Crippen LogP contribution in [0.15, 0.2) is 22.7 Å². The second kappa shape index (κ2) is 5.52. The average molecular weight is 167 g/mol. The lowest BCUT2D eigenvalue weighted by Crippen LogP contribution is -2.24. The predicted octanol–water partition coefficient (Wildman–Crippen LogP) is 1.92. The summed E-state index contributed by atoms with van der Waals surface area (Å²) in [5.41, 5.74) is 1.01. The third-order valence-electron chi connectivity index (χ3n) is 1.30. The van der Waals surface area contributed by atoms with Crippen molar-refractivity contribution in [3.8, 4) is 0 Å². The van der Waals surface area contributed by atoms with Crippen LogP contribution in [0, 0.1) is 0 Å². The number of likely N-dealkylation sites (N-methyl/N-ethyl adjacent to an activating group) is 1. The minimum Gasteiger partial charge on any atom is -0.270 e. The number of nitrogens with zero attached hydrogens (tertiary/aromatic N) is 3. The van der Waals surface area contributed by atoms with Crippen LogP contribution in [0.1, 0.15) is 20.8 Å². The van der Waals surface area contributed by atoms with Gasteiger partial charge in [0.05, 0.1) is 0 Å². The predicted molar refractivity (Wildman–Crippen MR) is 54.7 cm³/mol. The topological polar surface area (TPSA) is 28.0 Å². The summed E-state index contributed by atoms with van der Waals surface area (Å²) in [7, 11) is 1.74. The van der Waals surface area contributed by atoms with E-state index < -0.39 is 0 Å². The molecule has 0 saturated heterocycles. The summed E-state index contributed by atoms with van der Waals surface area (Å²) in [5, 5.41) is 6.11. The lowest BCUT2D eigenvalue weighted by atomic mass is 10.5. The van der Waals surface area contributed by atoms with E-state index in [1.165, 1.54) is 0 Å². The highest BCUT2D eigenvalue weighted by Crippen LogP contribution is 1.95. The highest BCUT2D eigenvalue weighted by atomic mass is 15.5. The Balaban J connectivity index is 4.54. The molecular weight excluding hydrogens is 150 g/mol. The molecule has 0 N–H and O–H groups in total. The monoisotopic (exact) mass is 167 g/mol. The number of hydrazone groups is 1. The summed E-state index contributed by atoms with van der Waals surface area (Å²) in [4.78, 5) is 4.05. The number of hydrogen-bond acceptors (Lipinski definition) is 2. The molecule has 0 aliphatic rings. The van der Waals surface area contributed by atoms with Gasteiger partial charge in [-0.05, 0) is 26.8 Å². The summed E-state index contributed by atoms with van der Waals surface area (Å²) in [6.45, 7) is 10.4. The quantitative estimate of drug-likeness (QED) is 0.358. The van der Waals surface area contributed by atoms with E-state index in [2.05, 4.69) is 16.7 Å². The Kier molecular flexibility index (Phi) is 5.00. The van der Waals surface area contributed by atoms with Crippen molar-refractivity contribution in [2.45, 2.75) is 20.8 Å². The van der Waals surface area contributed by atoms with Crippen LogP contribution >= 0.6 is 0 Å². The number of aliphatic imine (C=N–C) groups is 1. The molecular formula is C9H17N3. The molecule has 0 aromatic rings. The third kappa shape index (κ3) is 3.32. The van der Waals surface area contributed by atoms with Crippen LogP contribution in [0.4, 0.5) is 0 Å². The minimum atomic E-state index is 0.804. The van der Waals surface area contributed by atoms with Crippen LogP contribution in [0.2, 0.25) is 0 Å². The van der Waals surface area contributed by atoms with Gasteiger partial charge in [0.15, 0.2) is 0 Å². The van der Waals surface area contributed by atoms with Crippen LogP contribution in [0.3, 0.4) is 0 Å². The Morgan fingerprint density at radius 3 is 2.33 bits per heavy atom. The van der Waals surface area contributed by atoms with Crippen molar-refractivity contribution in [2.75, 3.05) is 13.6 Å². The molecule has 0 radical (unpaired) electrons. The molecule has 0 saturated carbocycles. The zero-order valence-corrected chi connectivity index (χ0v) is 8.33. The molecule has 0 amide bonds. The van der Waals surface area contributed by atoms with Gasteiger partial charge in [-0.1, -0.05) is 6.58 Å². The lowest BCUT2D eigenvalue weighted by Gasteiger charge is -2.16. The SMILES string of the molecule is C=CC(=NC)N(CC)N=C(C)C. The maximum Gasteiger partial charge on any atom is 0.143 e. The Hall–Kier alpha value is -1.12. The highest BCUT2D eigenvalue weighted by molar-refractivity contribution is 5.93. The van der Waals surface area contributed by atoms with E-state index in [1.807, 2.05) is 25.8 Å². The molecule has 0 rings (SSSR count). The summed E-state index contributed by atoms with van der Waals surface area (Å²) in [6, 6.07) is 0. The van der Waals surface area contributed by atoms with Gasteiger partial charge in [0.1, 0.15) is 5.84 Å². The van der Waals surface area contributed by atoms with Gasteiger partial charge < -0.3 is 0 Å². The maximum absolute atomic E-state index is 4.29. The normalized spacial score (nSPS) is 10.8. The van der Waals surface area contributed by atoms with Crippen molar-refractivity contribution in [3.05, 3.63) is 12.7 Å². The smallest absolute Gasteiger partial charge is 0.143 e. The van der Waals surface area contributed by atoms with Gasteiger partial charge in [0, 0.05) is 19.3 Å². The van der Waals surface area contributed by atoms with Crippen molar-refractivity contribution in [2.24, 2.45) is 10.1 Å². The van der Waals surface area contributed by atoms with Gasteiger partial charge in [0.2, 0.25) is 0 Å². The highest BCUT2D eigenvalue weighted by Gasteiger charge is 2.01. The molecule has 0 unspecified atom stereocenters. The standard InChI is InChI=1S/C9H17N3/c1-6-9(10-5)12(7-2)11-8(3)4/h6H,1,7H2,2-5H3. The molecule has 0 aromatic carbocycles.